The molecule has 110 valence electrons. The molecule has 0 radical (unpaired) electrons. The van der Waals surface area contributed by atoms with E-state index in [2.05, 4.69) is 15.9 Å². The first-order valence-corrected chi connectivity index (χ1v) is 7.64. The molecule has 2 aromatic rings. The van der Waals surface area contributed by atoms with Gasteiger partial charge in [0.25, 0.3) is 5.91 Å². The second-order valence-electron chi connectivity index (χ2n) is 5.24. The van der Waals surface area contributed by atoms with E-state index in [1.165, 1.54) is 12.1 Å². The molecule has 2 heterocycles. The van der Waals surface area contributed by atoms with Crippen LogP contribution < -0.4 is 4.90 Å². The number of hydrogen-bond acceptors (Lipinski definition) is 2. The molecular formula is C16H15BrFNO2. The number of amides is 1. The first-order valence-electron chi connectivity index (χ1n) is 6.85. The number of benzene rings is 1. The van der Waals surface area contributed by atoms with Gasteiger partial charge >= 0.3 is 0 Å². The molecule has 0 saturated carbocycles. The smallest absolute Gasteiger partial charge is 0.262 e. The molecule has 5 heteroatoms. The maximum Gasteiger partial charge on any atom is 0.262 e. The summed E-state index contributed by atoms with van der Waals surface area (Å²) in [5.41, 5.74) is 2.19. The Morgan fingerprint density at radius 2 is 2.10 bits per heavy atom. The second kappa shape index (κ2) is 5.30. The van der Waals surface area contributed by atoms with Gasteiger partial charge in [-0.25, -0.2) is 4.39 Å². The fourth-order valence-electron chi connectivity index (χ4n) is 2.79. The van der Waals surface area contributed by atoms with Crippen molar-refractivity contribution in [3.63, 3.8) is 0 Å². The van der Waals surface area contributed by atoms with Crippen LogP contribution in [0.15, 0.2) is 27.1 Å². The van der Waals surface area contributed by atoms with Crippen molar-refractivity contribution < 1.29 is 13.6 Å². The van der Waals surface area contributed by atoms with Crippen molar-refractivity contribution in [1.29, 1.82) is 0 Å². The third-order valence-corrected chi connectivity index (χ3v) is 4.77. The van der Waals surface area contributed by atoms with Crippen LogP contribution in [0, 0.1) is 19.7 Å². The van der Waals surface area contributed by atoms with E-state index in [0.717, 1.165) is 18.4 Å². The standard InChI is InChI=1S/C16H15BrFNO2/c1-9-14(15(17)10(2)21-9)16(20)19-7-3-4-11-5-6-12(18)8-13(11)19/h5-6,8H,3-4,7H2,1-2H3. The van der Waals surface area contributed by atoms with Crippen molar-refractivity contribution in [2.45, 2.75) is 26.7 Å². The Kier molecular flexibility index (Phi) is 3.61. The molecule has 0 atom stereocenters. The Morgan fingerprint density at radius 3 is 2.76 bits per heavy atom. The molecule has 1 aliphatic heterocycles. The van der Waals surface area contributed by atoms with Gasteiger partial charge in [0, 0.05) is 6.54 Å². The summed E-state index contributed by atoms with van der Waals surface area (Å²) < 4.78 is 19.7. The van der Waals surface area contributed by atoms with E-state index in [1.54, 1.807) is 24.8 Å². The summed E-state index contributed by atoms with van der Waals surface area (Å²) in [5, 5.41) is 0. The van der Waals surface area contributed by atoms with Crippen molar-refractivity contribution in [1.82, 2.24) is 0 Å². The zero-order valence-corrected chi connectivity index (χ0v) is 13.5. The van der Waals surface area contributed by atoms with Crippen LogP contribution in [0.1, 0.15) is 33.9 Å². The van der Waals surface area contributed by atoms with Crippen molar-refractivity contribution >= 4 is 27.5 Å². The number of carbonyl (C=O) groups excluding carboxylic acids is 1. The van der Waals surface area contributed by atoms with Gasteiger partial charge < -0.3 is 9.32 Å². The minimum absolute atomic E-state index is 0.150. The summed E-state index contributed by atoms with van der Waals surface area (Å²) >= 11 is 3.41. The molecule has 3 rings (SSSR count). The minimum atomic E-state index is -0.326. The Balaban J connectivity index is 2.06. The number of fused-ring (bicyclic) bond motifs is 1. The van der Waals surface area contributed by atoms with E-state index in [4.69, 9.17) is 4.42 Å². The van der Waals surface area contributed by atoms with Gasteiger partial charge in [-0.15, -0.1) is 0 Å². The third kappa shape index (κ3) is 2.39. The number of furan rings is 1. The quantitative estimate of drug-likeness (QED) is 0.763. The number of halogens is 2. The van der Waals surface area contributed by atoms with Gasteiger partial charge in [0.05, 0.1) is 15.7 Å². The van der Waals surface area contributed by atoms with Crippen LogP contribution in [-0.2, 0) is 6.42 Å². The van der Waals surface area contributed by atoms with Gasteiger partial charge in [0.2, 0.25) is 0 Å². The van der Waals surface area contributed by atoms with E-state index >= 15 is 0 Å². The Hall–Kier alpha value is -1.62. The van der Waals surface area contributed by atoms with Crippen LogP contribution in [0.5, 0.6) is 0 Å². The van der Waals surface area contributed by atoms with E-state index < -0.39 is 0 Å². The van der Waals surface area contributed by atoms with Crippen molar-refractivity contribution in [2.75, 3.05) is 11.4 Å². The van der Waals surface area contributed by atoms with Gasteiger partial charge in [-0.3, -0.25) is 4.79 Å². The van der Waals surface area contributed by atoms with Crippen molar-refractivity contribution in [2.24, 2.45) is 0 Å². The highest BCUT2D eigenvalue weighted by atomic mass is 79.9. The zero-order chi connectivity index (χ0) is 15.1. The lowest BCUT2D eigenvalue weighted by Gasteiger charge is -2.29. The largest absolute Gasteiger partial charge is 0.465 e. The van der Waals surface area contributed by atoms with E-state index in [1.807, 2.05) is 0 Å². The highest BCUT2D eigenvalue weighted by Gasteiger charge is 2.29. The predicted octanol–water partition coefficient (Wildman–Crippen LogP) is 4.39. The average molecular weight is 352 g/mol. The number of anilines is 1. The SMILES string of the molecule is Cc1oc(C)c(C(=O)N2CCCc3ccc(F)cc32)c1Br. The lowest BCUT2D eigenvalue weighted by molar-refractivity contribution is 0.0983. The number of carbonyl (C=O) groups is 1. The molecule has 1 aliphatic rings. The Morgan fingerprint density at radius 1 is 1.33 bits per heavy atom. The predicted molar refractivity (Wildman–Crippen MR) is 82.3 cm³/mol. The van der Waals surface area contributed by atoms with Crippen molar-refractivity contribution in [3.05, 3.63) is 51.1 Å². The van der Waals surface area contributed by atoms with Crippen LogP contribution in [0.3, 0.4) is 0 Å². The average Bonchev–Trinajstić information content (AvgIpc) is 2.71. The van der Waals surface area contributed by atoms with E-state index in [-0.39, 0.29) is 11.7 Å². The van der Waals surface area contributed by atoms with Crippen LogP contribution in [0.2, 0.25) is 0 Å². The molecule has 3 nitrogen and oxygen atoms in total. The van der Waals surface area contributed by atoms with Gasteiger partial charge in [-0.1, -0.05) is 6.07 Å². The number of hydrogen-bond donors (Lipinski definition) is 0. The first-order chi connectivity index (χ1) is 9.99. The molecule has 0 bridgehead atoms. The van der Waals surface area contributed by atoms with Gasteiger partial charge in [0.15, 0.2) is 0 Å². The molecule has 1 amide bonds. The molecule has 1 aromatic carbocycles. The van der Waals surface area contributed by atoms with Gasteiger partial charge in [-0.2, -0.15) is 0 Å². The molecule has 0 fully saturated rings. The summed E-state index contributed by atoms with van der Waals surface area (Å²) in [7, 11) is 0. The highest BCUT2D eigenvalue weighted by Crippen LogP contribution is 2.33. The van der Waals surface area contributed by atoms with Crippen molar-refractivity contribution in [3.8, 4) is 0 Å². The molecular weight excluding hydrogens is 337 g/mol. The molecule has 0 aliphatic carbocycles. The van der Waals surface area contributed by atoms with Crippen LogP contribution in [0.25, 0.3) is 0 Å². The topological polar surface area (TPSA) is 33.5 Å². The Bertz CT molecular complexity index is 723. The summed E-state index contributed by atoms with van der Waals surface area (Å²) in [6.45, 7) is 4.16. The number of nitrogens with zero attached hydrogens (tertiary/aromatic N) is 1. The number of rotatable bonds is 1. The minimum Gasteiger partial charge on any atom is -0.465 e. The maximum atomic E-state index is 13.5. The molecule has 0 saturated heterocycles. The van der Waals surface area contributed by atoms with E-state index in [9.17, 15) is 9.18 Å². The fourth-order valence-corrected chi connectivity index (χ4v) is 3.32. The fraction of sp³-hybridized carbons (Fsp3) is 0.312. The maximum absolute atomic E-state index is 13.5. The van der Waals surface area contributed by atoms with Gasteiger partial charge in [0.1, 0.15) is 17.3 Å². The molecule has 1 aromatic heterocycles. The van der Waals surface area contributed by atoms with Gasteiger partial charge in [-0.05, 0) is 60.3 Å². The summed E-state index contributed by atoms with van der Waals surface area (Å²) in [6.07, 6.45) is 1.74. The zero-order valence-electron chi connectivity index (χ0n) is 11.9. The Labute approximate surface area is 130 Å². The van der Waals surface area contributed by atoms with Crippen LogP contribution >= 0.6 is 15.9 Å². The molecule has 0 spiro atoms. The second-order valence-corrected chi connectivity index (χ2v) is 6.03. The van der Waals surface area contributed by atoms with E-state index in [0.29, 0.717) is 33.8 Å². The lowest BCUT2D eigenvalue weighted by atomic mass is 10.0. The normalized spacial score (nSPS) is 14.2. The highest BCUT2D eigenvalue weighted by molar-refractivity contribution is 9.10. The molecule has 21 heavy (non-hydrogen) atoms. The molecule has 0 unspecified atom stereocenters. The first kappa shape index (κ1) is 14.3. The monoisotopic (exact) mass is 351 g/mol. The van der Waals surface area contributed by atoms with Crippen LogP contribution in [-0.4, -0.2) is 12.5 Å². The third-order valence-electron chi connectivity index (χ3n) is 3.81. The lowest BCUT2D eigenvalue weighted by Crippen LogP contribution is -2.35. The summed E-state index contributed by atoms with van der Waals surface area (Å²) in [6, 6.07) is 4.63. The summed E-state index contributed by atoms with van der Waals surface area (Å²) in [5.74, 6) is 0.774. The summed E-state index contributed by atoms with van der Waals surface area (Å²) in [4.78, 5) is 14.5. The molecule has 0 N–H and O–H groups in total. The number of aryl methyl sites for hydroxylation is 3. The van der Waals surface area contributed by atoms with Crippen LogP contribution in [0.4, 0.5) is 10.1 Å².